The number of carbonyl (C=O) groups excluding carboxylic acids is 1. The van der Waals surface area contributed by atoms with E-state index >= 15 is 0 Å². The summed E-state index contributed by atoms with van der Waals surface area (Å²) in [5, 5.41) is 13.8. The van der Waals surface area contributed by atoms with Gasteiger partial charge in [-0.3, -0.25) is 20.2 Å². The number of nitro groups is 1. The summed E-state index contributed by atoms with van der Waals surface area (Å²) in [6, 6.07) is 2.92. The Balaban J connectivity index is 0.00000176. The van der Waals surface area contributed by atoms with Crippen molar-refractivity contribution < 1.29 is 9.72 Å². The smallest absolute Gasteiger partial charge is 0.324 e. The molecule has 2 aromatic heterocycles. The highest BCUT2D eigenvalue weighted by molar-refractivity contribution is 7.18. The van der Waals surface area contributed by atoms with Gasteiger partial charge in [0.2, 0.25) is 0 Å². The molecule has 0 fully saturated rings. The minimum atomic E-state index is -0.509. The minimum absolute atomic E-state index is 0. The quantitative estimate of drug-likeness (QED) is 0.645. The van der Waals surface area contributed by atoms with Crippen molar-refractivity contribution >= 4 is 51.1 Å². The summed E-state index contributed by atoms with van der Waals surface area (Å²) in [4.78, 5) is 28.0. The van der Waals surface area contributed by atoms with Crippen LogP contribution >= 0.6 is 35.1 Å². The van der Waals surface area contributed by atoms with E-state index in [9.17, 15) is 14.9 Å². The second-order valence-electron chi connectivity index (χ2n) is 4.74. The first-order valence-electron chi connectivity index (χ1n) is 6.32. The van der Waals surface area contributed by atoms with Gasteiger partial charge < -0.3 is 5.73 Å². The van der Waals surface area contributed by atoms with E-state index in [1.165, 1.54) is 23.5 Å². The highest BCUT2D eigenvalue weighted by Gasteiger charge is 2.22. The number of nitrogens with zero attached hydrogens (tertiary/aromatic N) is 2. The molecule has 1 aliphatic rings. The normalized spacial score (nSPS) is 16.5. The number of anilines is 1. The molecule has 0 spiro atoms. The monoisotopic (exact) mass is 360 g/mol. The number of hydrogen-bond donors (Lipinski definition) is 2. The first kappa shape index (κ1) is 16.8. The Hall–Kier alpha value is -1.55. The van der Waals surface area contributed by atoms with Gasteiger partial charge in [-0.2, -0.15) is 0 Å². The van der Waals surface area contributed by atoms with Gasteiger partial charge in [-0.15, -0.1) is 23.7 Å². The van der Waals surface area contributed by atoms with Crippen LogP contribution in [0.3, 0.4) is 0 Å². The number of hydrogen-bond acceptors (Lipinski definition) is 7. The van der Waals surface area contributed by atoms with E-state index in [1.807, 2.05) is 0 Å². The molecule has 118 valence electrons. The number of thiazole rings is 1. The fourth-order valence-corrected chi connectivity index (χ4v) is 3.97. The van der Waals surface area contributed by atoms with Gasteiger partial charge in [0.25, 0.3) is 5.91 Å². The fourth-order valence-electron chi connectivity index (χ4n) is 2.16. The van der Waals surface area contributed by atoms with Gasteiger partial charge >= 0.3 is 5.00 Å². The van der Waals surface area contributed by atoms with Crippen LogP contribution in [-0.2, 0) is 12.8 Å². The molecule has 7 nitrogen and oxygen atoms in total. The second-order valence-corrected chi connectivity index (χ2v) is 6.89. The van der Waals surface area contributed by atoms with E-state index in [-0.39, 0.29) is 29.4 Å². The topological polar surface area (TPSA) is 111 Å². The number of aromatic nitrogens is 1. The molecule has 0 saturated heterocycles. The van der Waals surface area contributed by atoms with Crippen LogP contribution < -0.4 is 11.1 Å². The zero-order valence-corrected chi connectivity index (χ0v) is 13.7. The third-order valence-corrected chi connectivity index (χ3v) is 5.26. The number of carbonyl (C=O) groups is 1. The van der Waals surface area contributed by atoms with E-state index in [4.69, 9.17) is 5.73 Å². The first-order valence-corrected chi connectivity index (χ1v) is 7.96. The molecule has 2 aromatic rings. The first-order chi connectivity index (χ1) is 10.0. The molecule has 0 saturated carbocycles. The van der Waals surface area contributed by atoms with Crippen LogP contribution in [0.5, 0.6) is 0 Å². The molecular formula is C12H13ClN4O3S2. The highest BCUT2D eigenvalue weighted by atomic mass is 35.5. The average Bonchev–Trinajstić information content (AvgIpc) is 3.03. The predicted molar refractivity (Wildman–Crippen MR) is 88.3 cm³/mol. The lowest BCUT2D eigenvalue weighted by Crippen LogP contribution is -2.26. The van der Waals surface area contributed by atoms with Crippen molar-refractivity contribution in [2.75, 3.05) is 5.32 Å². The van der Waals surface area contributed by atoms with E-state index in [1.54, 1.807) is 0 Å². The molecule has 10 heteroatoms. The SMILES string of the molecule is Cl.N[C@H]1CCc2nc(NC(=O)c3ccc([N+](=O)[O-])s3)sc2C1. The lowest BCUT2D eigenvalue weighted by atomic mass is 9.99. The fraction of sp³-hybridized carbons (Fsp3) is 0.333. The van der Waals surface area contributed by atoms with Crippen LogP contribution in [0.15, 0.2) is 12.1 Å². The Morgan fingerprint density at radius 2 is 2.23 bits per heavy atom. The third-order valence-electron chi connectivity index (χ3n) is 3.19. The van der Waals surface area contributed by atoms with Gasteiger partial charge in [-0.05, 0) is 25.3 Å². The standard InChI is InChI=1S/C12H12N4O3S2.ClH/c13-6-1-2-7-9(5-6)21-12(14-7)15-11(17)8-3-4-10(20-8)16(18)19;/h3-4,6H,1-2,5,13H2,(H,14,15,17);1H/t6-;/m0./s1. The van der Waals surface area contributed by atoms with Crippen LogP contribution in [0.4, 0.5) is 10.1 Å². The largest absolute Gasteiger partial charge is 0.327 e. The van der Waals surface area contributed by atoms with E-state index in [0.717, 1.165) is 41.2 Å². The molecule has 0 aromatic carbocycles. The molecule has 1 atom stereocenters. The molecule has 3 N–H and O–H groups in total. The van der Waals surface area contributed by atoms with Gasteiger partial charge in [0.1, 0.15) is 0 Å². The molecule has 1 aliphatic carbocycles. The third kappa shape index (κ3) is 3.43. The van der Waals surface area contributed by atoms with Gasteiger partial charge in [0.15, 0.2) is 5.13 Å². The van der Waals surface area contributed by atoms with Crippen LogP contribution in [-0.4, -0.2) is 21.9 Å². The zero-order valence-electron chi connectivity index (χ0n) is 11.3. The van der Waals surface area contributed by atoms with Crippen LogP contribution in [0.2, 0.25) is 0 Å². The number of nitrogens with two attached hydrogens (primary N) is 1. The number of rotatable bonds is 3. The summed E-state index contributed by atoms with van der Waals surface area (Å²) in [5.74, 6) is -0.372. The van der Waals surface area contributed by atoms with Crippen molar-refractivity contribution in [3.63, 3.8) is 0 Å². The Kier molecular flexibility index (Phi) is 5.12. The number of amides is 1. The van der Waals surface area contributed by atoms with Gasteiger partial charge in [0.05, 0.1) is 15.5 Å². The maximum absolute atomic E-state index is 12.0. The van der Waals surface area contributed by atoms with Gasteiger partial charge in [-0.25, -0.2) is 4.98 Å². The summed E-state index contributed by atoms with van der Waals surface area (Å²) >= 11 is 2.27. The molecule has 2 heterocycles. The molecule has 0 aliphatic heterocycles. The summed E-state index contributed by atoms with van der Waals surface area (Å²) in [5.41, 5.74) is 6.91. The van der Waals surface area contributed by atoms with E-state index in [2.05, 4.69) is 10.3 Å². The Bertz CT molecular complexity index is 715. The number of aryl methyl sites for hydroxylation is 1. The van der Waals surface area contributed by atoms with E-state index in [0.29, 0.717) is 10.0 Å². The zero-order chi connectivity index (χ0) is 15.0. The Labute approximate surface area is 140 Å². The summed E-state index contributed by atoms with van der Waals surface area (Å²) in [6.45, 7) is 0. The summed E-state index contributed by atoms with van der Waals surface area (Å²) in [7, 11) is 0. The number of nitrogens with one attached hydrogen (secondary N) is 1. The van der Waals surface area contributed by atoms with Crippen molar-refractivity contribution in [2.45, 2.75) is 25.3 Å². The van der Waals surface area contributed by atoms with Crippen molar-refractivity contribution in [1.82, 2.24) is 4.98 Å². The molecule has 0 bridgehead atoms. The molecule has 3 rings (SSSR count). The number of thiophene rings is 1. The average molecular weight is 361 g/mol. The molecular weight excluding hydrogens is 348 g/mol. The lowest BCUT2D eigenvalue weighted by molar-refractivity contribution is -0.380. The molecule has 1 amide bonds. The lowest BCUT2D eigenvalue weighted by Gasteiger charge is -2.15. The highest BCUT2D eigenvalue weighted by Crippen LogP contribution is 2.30. The summed E-state index contributed by atoms with van der Waals surface area (Å²) in [6.07, 6.45) is 2.52. The van der Waals surface area contributed by atoms with Crippen molar-refractivity contribution in [3.8, 4) is 0 Å². The van der Waals surface area contributed by atoms with Crippen molar-refractivity contribution in [1.29, 1.82) is 0 Å². The number of fused-ring (bicyclic) bond motifs is 1. The minimum Gasteiger partial charge on any atom is -0.327 e. The summed E-state index contributed by atoms with van der Waals surface area (Å²) < 4.78 is 0. The van der Waals surface area contributed by atoms with Crippen molar-refractivity contribution in [2.24, 2.45) is 5.73 Å². The number of halogens is 1. The molecule has 0 radical (unpaired) electrons. The van der Waals surface area contributed by atoms with Crippen LogP contribution in [0.1, 0.15) is 26.7 Å². The Morgan fingerprint density at radius 3 is 2.91 bits per heavy atom. The maximum Gasteiger partial charge on any atom is 0.324 e. The van der Waals surface area contributed by atoms with Gasteiger partial charge in [0, 0.05) is 17.0 Å². The Morgan fingerprint density at radius 1 is 1.45 bits per heavy atom. The second kappa shape index (κ2) is 6.69. The maximum atomic E-state index is 12.0. The van der Waals surface area contributed by atoms with Gasteiger partial charge in [-0.1, -0.05) is 11.3 Å². The van der Waals surface area contributed by atoms with E-state index < -0.39 is 4.92 Å². The molecule has 22 heavy (non-hydrogen) atoms. The van der Waals surface area contributed by atoms with Crippen LogP contribution in [0, 0.1) is 10.1 Å². The predicted octanol–water partition coefficient (Wildman–Crippen LogP) is 2.60. The van der Waals surface area contributed by atoms with Crippen LogP contribution in [0.25, 0.3) is 0 Å². The van der Waals surface area contributed by atoms with Crippen molar-refractivity contribution in [3.05, 3.63) is 37.7 Å². The molecule has 0 unspecified atom stereocenters.